The minimum Gasteiger partial charge on any atom is -0.388 e. The van der Waals surface area contributed by atoms with Crippen molar-refractivity contribution in [1.82, 2.24) is 4.57 Å². The molecule has 2 aromatic rings. The quantitative estimate of drug-likeness (QED) is 0.679. The second kappa shape index (κ2) is 5.29. The first-order chi connectivity index (χ1) is 10.1. The molecule has 0 bridgehead atoms. The molecular weight excluding hydrogens is 275 g/mol. The zero-order chi connectivity index (χ0) is 15.0. The highest BCUT2D eigenvalue weighted by Crippen LogP contribution is 2.40. The monoisotopic (exact) mass is 290 g/mol. The molecule has 6 heteroatoms. The van der Waals surface area contributed by atoms with Crippen LogP contribution >= 0.6 is 0 Å². The fraction of sp³-hybridized carbons (Fsp3) is 0.333. The molecule has 1 aliphatic carbocycles. The number of aliphatic hydroxyl groups excluding tert-OH is 1. The van der Waals surface area contributed by atoms with Crippen molar-refractivity contribution in [2.75, 3.05) is 0 Å². The largest absolute Gasteiger partial charge is 0.388 e. The van der Waals surface area contributed by atoms with Crippen molar-refractivity contribution in [1.29, 1.82) is 0 Å². The fourth-order valence-electron chi connectivity index (χ4n) is 2.44. The van der Waals surface area contributed by atoms with Crippen LogP contribution < -0.4 is 0 Å². The van der Waals surface area contributed by atoms with E-state index >= 15 is 0 Å². The summed E-state index contributed by atoms with van der Waals surface area (Å²) in [4.78, 5) is 10.0. The number of benzene rings is 1. The molecule has 0 spiro atoms. The van der Waals surface area contributed by atoms with Crippen LogP contribution in [0.1, 0.15) is 30.1 Å². The maximum atomic E-state index is 14.0. The summed E-state index contributed by atoms with van der Waals surface area (Å²) in [5, 5.41) is 20.8. The Hall–Kier alpha value is -2.21. The number of nitro groups is 1. The van der Waals surface area contributed by atoms with Crippen LogP contribution in [-0.2, 0) is 6.54 Å². The van der Waals surface area contributed by atoms with E-state index in [0.29, 0.717) is 5.92 Å². The molecule has 3 rings (SSSR count). The Morgan fingerprint density at radius 1 is 1.43 bits per heavy atom. The number of aromatic nitrogens is 1. The lowest BCUT2D eigenvalue weighted by molar-refractivity contribution is -0.387. The number of halogens is 1. The van der Waals surface area contributed by atoms with Gasteiger partial charge < -0.3 is 9.67 Å². The highest BCUT2D eigenvalue weighted by Gasteiger charge is 2.31. The van der Waals surface area contributed by atoms with Crippen molar-refractivity contribution in [2.45, 2.75) is 25.5 Å². The number of aliphatic hydroxyl groups is 1. The van der Waals surface area contributed by atoms with Crippen molar-refractivity contribution >= 4 is 5.69 Å². The predicted molar refractivity (Wildman–Crippen MR) is 74.3 cm³/mol. The average Bonchev–Trinajstić information content (AvgIpc) is 3.20. The van der Waals surface area contributed by atoms with E-state index in [1.165, 1.54) is 12.1 Å². The first-order valence-electron chi connectivity index (χ1n) is 6.82. The highest BCUT2D eigenvalue weighted by molar-refractivity contribution is 5.37. The fourth-order valence-corrected chi connectivity index (χ4v) is 2.44. The molecule has 1 aliphatic rings. The van der Waals surface area contributed by atoms with Crippen molar-refractivity contribution in [2.24, 2.45) is 5.92 Å². The lowest BCUT2D eigenvalue weighted by Gasteiger charge is -2.07. The molecule has 0 radical (unpaired) electrons. The van der Waals surface area contributed by atoms with Gasteiger partial charge in [0.2, 0.25) is 5.82 Å². The van der Waals surface area contributed by atoms with E-state index < -0.39 is 22.5 Å². The smallest absolute Gasteiger partial charge is 0.305 e. The third-order valence-corrected chi connectivity index (χ3v) is 3.79. The molecule has 1 fully saturated rings. The summed E-state index contributed by atoms with van der Waals surface area (Å²) in [5.41, 5.74) is 0.550. The van der Waals surface area contributed by atoms with Crippen LogP contribution in [0.5, 0.6) is 0 Å². The number of hydrogen-bond donors (Lipinski definition) is 1. The first-order valence-corrected chi connectivity index (χ1v) is 6.82. The standard InChI is InChI=1S/C15H15FN2O3/c16-14-11(2-1-3-13(14)18(20)21)8-17-7-6-12(9-17)15(19)10-4-5-10/h1-3,6-7,9-10,15,19H,4-5,8H2. The normalized spacial score (nSPS) is 15.9. The lowest BCUT2D eigenvalue weighted by Crippen LogP contribution is -2.03. The Kier molecular flexibility index (Phi) is 3.47. The Bertz CT molecular complexity index is 679. The molecule has 0 saturated heterocycles. The molecule has 1 unspecified atom stereocenters. The van der Waals surface area contributed by atoms with E-state index in [1.807, 2.05) is 0 Å². The summed E-state index contributed by atoms with van der Waals surface area (Å²) in [5.74, 6) is -0.476. The van der Waals surface area contributed by atoms with E-state index in [2.05, 4.69) is 0 Å². The minimum atomic E-state index is -0.805. The van der Waals surface area contributed by atoms with E-state index in [0.717, 1.165) is 24.5 Å². The zero-order valence-electron chi connectivity index (χ0n) is 11.3. The molecule has 1 atom stereocenters. The van der Waals surface area contributed by atoms with Crippen LogP contribution in [0.25, 0.3) is 0 Å². The second-order valence-electron chi connectivity index (χ2n) is 5.41. The van der Waals surface area contributed by atoms with Crippen LogP contribution in [0, 0.1) is 21.8 Å². The van der Waals surface area contributed by atoms with Gasteiger partial charge in [-0.3, -0.25) is 10.1 Å². The molecule has 1 aromatic heterocycles. The number of nitro benzene ring substituents is 1. The minimum absolute atomic E-state index is 0.199. The maximum absolute atomic E-state index is 14.0. The third kappa shape index (κ3) is 2.80. The van der Waals surface area contributed by atoms with Gasteiger partial charge in [-0.15, -0.1) is 0 Å². The van der Waals surface area contributed by atoms with Crippen molar-refractivity contribution < 1.29 is 14.4 Å². The molecule has 1 saturated carbocycles. The topological polar surface area (TPSA) is 68.3 Å². The maximum Gasteiger partial charge on any atom is 0.305 e. The summed E-state index contributed by atoms with van der Waals surface area (Å²) >= 11 is 0. The molecule has 0 amide bonds. The SMILES string of the molecule is O=[N+]([O-])c1cccc(Cn2ccc(C(O)C3CC3)c2)c1F. The summed E-state index contributed by atoms with van der Waals surface area (Å²) in [6.07, 6.45) is 5.11. The zero-order valence-corrected chi connectivity index (χ0v) is 11.3. The van der Waals surface area contributed by atoms with Gasteiger partial charge in [-0.2, -0.15) is 4.39 Å². The van der Waals surface area contributed by atoms with Crippen LogP contribution in [0.4, 0.5) is 10.1 Å². The van der Waals surface area contributed by atoms with Crippen molar-refractivity contribution in [3.8, 4) is 0 Å². The van der Waals surface area contributed by atoms with E-state index in [-0.39, 0.29) is 12.1 Å². The summed E-state index contributed by atoms with van der Waals surface area (Å²) < 4.78 is 15.7. The highest BCUT2D eigenvalue weighted by atomic mass is 19.1. The molecular formula is C15H15FN2O3. The van der Waals surface area contributed by atoms with Crippen LogP contribution in [0.3, 0.4) is 0 Å². The third-order valence-electron chi connectivity index (χ3n) is 3.79. The number of nitrogens with zero attached hydrogens (tertiary/aromatic N) is 2. The van der Waals surface area contributed by atoms with Crippen molar-refractivity contribution in [3.63, 3.8) is 0 Å². The Labute approximate surface area is 120 Å². The van der Waals surface area contributed by atoms with E-state index in [9.17, 15) is 19.6 Å². The second-order valence-corrected chi connectivity index (χ2v) is 5.41. The Morgan fingerprint density at radius 2 is 2.19 bits per heavy atom. The number of rotatable bonds is 5. The average molecular weight is 290 g/mol. The summed E-state index contributed by atoms with van der Waals surface area (Å²) in [7, 11) is 0. The van der Waals surface area contributed by atoms with E-state index in [1.54, 1.807) is 23.0 Å². The molecule has 21 heavy (non-hydrogen) atoms. The predicted octanol–water partition coefficient (Wildman–Crippen LogP) is 3.03. The molecule has 5 nitrogen and oxygen atoms in total. The molecule has 1 N–H and O–H groups in total. The number of hydrogen-bond acceptors (Lipinski definition) is 3. The van der Waals surface area contributed by atoms with Gasteiger partial charge in [0.1, 0.15) is 0 Å². The van der Waals surface area contributed by atoms with E-state index in [4.69, 9.17) is 0 Å². The van der Waals surface area contributed by atoms with Gasteiger partial charge in [0, 0.05) is 24.0 Å². The lowest BCUT2D eigenvalue weighted by atomic mass is 10.1. The molecule has 0 aliphatic heterocycles. The van der Waals surface area contributed by atoms with Crippen LogP contribution in [0.15, 0.2) is 36.7 Å². The van der Waals surface area contributed by atoms with Gasteiger partial charge >= 0.3 is 5.69 Å². The molecule has 1 aromatic carbocycles. The molecule has 1 heterocycles. The van der Waals surface area contributed by atoms with Gasteiger partial charge in [-0.1, -0.05) is 12.1 Å². The van der Waals surface area contributed by atoms with Gasteiger partial charge in [0.15, 0.2) is 0 Å². The van der Waals surface area contributed by atoms with Crippen molar-refractivity contribution in [3.05, 3.63) is 63.7 Å². The first kappa shape index (κ1) is 13.8. The Balaban J connectivity index is 1.80. The van der Waals surface area contributed by atoms with Gasteiger partial charge in [0.05, 0.1) is 17.6 Å². The van der Waals surface area contributed by atoms with Gasteiger partial charge in [0.25, 0.3) is 0 Å². The van der Waals surface area contributed by atoms with Crippen LogP contribution in [-0.4, -0.2) is 14.6 Å². The summed E-state index contributed by atoms with van der Waals surface area (Å²) in [6, 6.07) is 5.95. The molecule has 110 valence electrons. The van der Waals surface area contributed by atoms with Crippen LogP contribution in [0.2, 0.25) is 0 Å². The van der Waals surface area contributed by atoms with Gasteiger partial charge in [-0.05, 0) is 30.4 Å². The summed E-state index contributed by atoms with van der Waals surface area (Å²) in [6.45, 7) is 0.199. The van der Waals surface area contributed by atoms with Gasteiger partial charge in [-0.25, -0.2) is 0 Å². The Morgan fingerprint density at radius 3 is 2.86 bits per heavy atom.